The van der Waals surface area contributed by atoms with Crippen LogP contribution in [0.15, 0.2) is 58.4 Å². The van der Waals surface area contributed by atoms with E-state index in [2.05, 4.69) is 10.3 Å². The number of aromatic carboxylic acids is 1. The quantitative estimate of drug-likeness (QED) is 0.542. The van der Waals surface area contributed by atoms with Gasteiger partial charge in [-0.25, -0.2) is 13.2 Å². The van der Waals surface area contributed by atoms with Gasteiger partial charge >= 0.3 is 5.97 Å². The van der Waals surface area contributed by atoms with Crippen molar-refractivity contribution in [1.29, 1.82) is 0 Å². The maximum absolute atomic E-state index is 13.3. The summed E-state index contributed by atoms with van der Waals surface area (Å²) in [6, 6.07) is 12.8. The zero-order valence-corrected chi connectivity index (χ0v) is 21.0. The van der Waals surface area contributed by atoms with E-state index in [0.29, 0.717) is 29.8 Å². The van der Waals surface area contributed by atoms with Crippen molar-refractivity contribution in [2.45, 2.75) is 48.4 Å². The van der Waals surface area contributed by atoms with Gasteiger partial charge in [-0.05, 0) is 60.0 Å². The molecule has 10 heteroatoms. The third kappa shape index (κ3) is 6.64. The SMILES string of the molecule is CS(=O)(=O)c1ccc([C@@H](CC2CCCC2)C(=O)NC2=NCC(Oc3cccc(C(=O)O)c3)S2)cc1. The number of nitrogens with one attached hydrogen (secondary N) is 1. The van der Waals surface area contributed by atoms with E-state index in [-0.39, 0.29) is 21.8 Å². The molecule has 2 atom stereocenters. The Bertz CT molecular complexity index is 1220. The van der Waals surface area contributed by atoms with Gasteiger partial charge in [0.1, 0.15) is 5.75 Å². The van der Waals surface area contributed by atoms with Crippen LogP contribution in [0.25, 0.3) is 0 Å². The van der Waals surface area contributed by atoms with Crippen LogP contribution in [0.2, 0.25) is 0 Å². The smallest absolute Gasteiger partial charge is 0.335 e. The molecule has 8 nitrogen and oxygen atoms in total. The van der Waals surface area contributed by atoms with E-state index in [0.717, 1.165) is 37.5 Å². The molecule has 1 fully saturated rings. The molecule has 0 aromatic heterocycles. The summed E-state index contributed by atoms with van der Waals surface area (Å²) in [6.45, 7) is 0.327. The fourth-order valence-electron chi connectivity index (χ4n) is 4.45. The molecular formula is C25H28N2O6S2. The molecule has 1 heterocycles. The second-order valence-corrected chi connectivity index (χ2v) is 12.1. The van der Waals surface area contributed by atoms with Crippen LogP contribution >= 0.6 is 11.8 Å². The molecule has 4 rings (SSSR count). The maximum Gasteiger partial charge on any atom is 0.335 e. The molecule has 1 amide bonds. The number of nitrogens with zero attached hydrogens (tertiary/aromatic N) is 1. The zero-order valence-electron chi connectivity index (χ0n) is 19.3. The normalized spacial score (nSPS) is 19.2. The lowest BCUT2D eigenvalue weighted by atomic mass is 9.87. The Labute approximate surface area is 209 Å². The molecule has 1 aliphatic heterocycles. The molecule has 186 valence electrons. The molecule has 1 unspecified atom stereocenters. The molecule has 0 spiro atoms. The van der Waals surface area contributed by atoms with Gasteiger partial charge in [0, 0.05) is 6.26 Å². The van der Waals surface area contributed by atoms with Crippen molar-refractivity contribution >= 4 is 38.6 Å². The molecule has 2 aromatic carbocycles. The summed E-state index contributed by atoms with van der Waals surface area (Å²) in [6.07, 6.45) is 6.37. The van der Waals surface area contributed by atoms with Gasteiger partial charge in [0.15, 0.2) is 20.4 Å². The van der Waals surface area contributed by atoms with Crippen LogP contribution in [0.3, 0.4) is 0 Å². The number of rotatable bonds is 8. The van der Waals surface area contributed by atoms with Gasteiger partial charge < -0.3 is 15.2 Å². The van der Waals surface area contributed by atoms with Gasteiger partial charge in [-0.2, -0.15) is 0 Å². The fraction of sp³-hybridized carbons (Fsp3) is 0.400. The Kier molecular flexibility index (Phi) is 7.81. The monoisotopic (exact) mass is 516 g/mol. The van der Waals surface area contributed by atoms with E-state index in [1.807, 2.05) is 0 Å². The molecular weight excluding hydrogens is 488 g/mol. The van der Waals surface area contributed by atoms with E-state index in [4.69, 9.17) is 9.84 Å². The minimum atomic E-state index is -3.32. The number of thioether (sulfide) groups is 1. The summed E-state index contributed by atoms with van der Waals surface area (Å²) >= 11 is 1.28. The Balaban J connectivity index is 1.42. The van der Waals surface area contributed by atoms with Gasteiger partial charge in [-0.15, -0.1) is 0 Å². The number of amidine groups is 1. The Morgan fingerprint density at radius 1 is 1.17 bits per heavy atom. The van der Waals surface area contributed by atoms with E-state index in [1.54, 1.807) is 36.4 Å². The first kappa shape index (κ1) is 25.2. The van der Waals surface area contributed by atoms with E-state index in [9.17, 15) is 18.0 Å². The predicted octanol–water partition coefficient (Wildman–Crippen LogP) is 4.08. The average molecular weight is 517 g/mol. The van der Waals surface area contributed by atoms with Crippen LogP contribution in [0.1, 0.15) is 53.9 Å². The van der Waals surface area contributed by atoms with Crippen LogP contribution in [0.4, 0.5) is 0 Å². The Hall–Kier alpha value is -2.85. The van der Waals surface area contributed by atoms with Gasteiger partial charge in [-0.3, -0.25) is 9.79 Å². The number of hydrogen-bond donors (Lipinski definition) is 2. The van der Waals surface area contributed by atoms with Gasteiger partial charge in [-0.1, -0.05) is 43.9 Å². The highest BCUT2D eigenvalue weighted by Crippen LogP contribution is 2.35. The van der Waals surface area contributed by atoms with Crippen LogP contribution in [0.5, 0.6) is 5.75 Å². The van der Waals surface area contributed by atoms with Gasteiger partial charge in [0.2, 0.25) is 5.91 Å². The van der Waals surface area contributed by atoms with E-state index >= 15 is 0 Å². The highest BCUT2D eigenvalue weighted by Gasteiger charge is 2.30. The molecule has 35 heavy (non-hydrogen) atoms. The second kappa shape index (κ2) is 10.8. The number of hydrogen-bond acceptors (Lipinski definition) is 7. The molecule has 2 N–H and O–H groups in total. The molecule has 0 radical (unpaired) electrons. The van der Waals surface area contributed by atoms with Crippen LogP contribution < -0.4 is 10.1 Å². The third-order valence-electron chi connectivity index (χ3n) is 6.28. The van der Waals surface area contributed by atoms with E-state index < -0.39 is 21.7 Å². The Morgan fingerprint density at radius 3 is 2.54 bits per heavy atom. The molecule has 2 aromatic rings. The summed E-state index contributed by atoms with van der Waals surface area (Å²) in [5.41, 5.74) is 0.539. The Morgan fingerprint density at radius 2 is 1.89 bits per heavy atom. The number of ether oxygens (including phenoxy) is 1. The fourth-order valence-corrected chi connectivity index (χ4v) is 5.95. The second-order valence-electron chi connectivity index (χ2n) is 8.91. The van der Waals surface area contributed by atoms with Crippen molar-refractivity contribution in [2.75, 3.05) is 12.8 Å². The van der Waals surface area contributed by atoms with Crippen molar-refractivity contribution in [3.8, 4) is 5.75 Å². The zero-order chi connectivity index (χ0) is 25.0. The minimum absolute atomic E-state index is 0.136. The van der Waals surface area contributed by atoms with Crippen LogP contribution in [0, 0.1) is 5.92 Å². The lowest BCUT2D eigenvalue weighted by Crippen LogP contribution is -2.33. The minimum Gasteiger partial charge on any atom is -0.478 e. The number of benzene rings is 2. The van der Waals surface area contributed by atoms with Crippen LogP contribution in [-0.2, 0) is 14.6 Å². The molecule has 1 saturated carbocycles. The van der Waals surface area contributed by atoms with Gasteiger partial charge in [0.25, 0.3) is 0 Å². The summed E-state index contributed by atoms with van der Waals surface area (Å²) in [4.78, 5) is 29.1. The number of carboxylic acids is 1. The van der Waals surface area contributed by atoms with Gasteiger partial charge in [0.05, 0.1) is 22.9 Å². The number of amides is 1. The number of sulfone groups is 1. The standard InChI is InChI=1S/C25H28N2O6S2/c1-35(31,32)20-11-9-17(10-12-20)21(13-16-5-2-3-6-16)23(28)27-25-26-15-22(34-25)33-19-8-4-7-18(14-19)24(29)30/h4,7-12,14,16,21-22H,2-3,5-6,13,15H2,1H3,(H,29,30)(H,26,27,28)/t21-,22?/m1/s1. The number of carboxylic acid groups (broad SMARTS) is 1. The van der Waals surface area contributed by atoms with Crippen molar-refractivity contribution in [3.63, 3.8) is 0 Å². The van der Waals surface area contributed by atoms with Crippen LogP contribution in [-0.4, -0.2) is 48.8 Å². The predicted molar refractivity (Wildman–Crippen MR) is 135 cm³/mol. The number of aliphatic imine (C=N–C) groups is 1. The molecule has 1 aliphatic carbocycles. The highest BCUT2D eigenvalue weighted by molar-refractivity contribution is 8.14. The summed E-state index contributed by atoms with van der Waals surface area (Å²) < 4.78 is 29.5. The van der Waals surface area contributed by atoms with E-state index in [1.165, 1.54) is 23.9 Å². The summed E-state index contributed by atoms with van der Waals surface area (Å²) in [5, 5.41) is 12.5. The maximum atomic E-state index is 13.3. The topological polar surface area (TPSA) is 122 Å². The molecule has 0 saturated heterocycles. The first-order chi connectivity index (χ1) is 16.7. The molecule has 0 bridgehead atoms. The molecule has 2 aliphatic rings. The van der Waals surface area contributed by atoms with Crippen molar-refractivity contribution in [2.24, 2.45) is 10.9 Å². The number of carbonyl (C=O) groups is 2. The lowest BCUT2D eigenvalue weighted by molar-refractivity contribution is -0.121. The summed E-state index contributed by atoms with van der Waals surface area (Å²) in [5.74, 6) is -0.742. The van der Waals surface area contributed by atoms with Crippen molar-refractivity contribution < 1.29 is 27.9 Å². The summed E-state index contributed by atoms with van der Waals surface area (Å²) in [7, 11) is -3.32. The largest absolute Gasteiger partial charge is 0.478 e. The van der Waals surface area contributed by atoms with Crippen molar-refractivity contribution in [3.05, 3.63) is 59.7 Å². The highest BCUT2D eigenvalue weighted by atomic mass is 32.2. The first-order valence-corrected chi connectivity index (χ1v) is 14.3. The number of carbonyl (C=O) groups excluding carboxylic acids is 1. The van der Waals surface area contributed by atoms with Crippen molar-refractivity contribution in [1.82, 2.24) is 5.32 Å². The first-order valence-electron chi connectivity index (χ1n) is 11.5. The average Bonchev–Trinajstić information content (AvgIpc) is 3.49. The third-order valence-corrected chi connectivity index (χ3v) is 8.37. The lowest BCUT2D eigenvalue weighted by Gasteiger charge is -2.21.